The Labute approximate surface area is 169 Å². The molecule has 3 atom stereocenters. The molecule has 0 bridgehead atoms. The average Bonchev–Trinajstić information content (AvgIpc) is 3.17. The van der Waals surface area contributed by atoms with E-state index >= 15 is 0 Å². The summed E-state index contributed by atoms with van der Waals surface area (Å²) in [7, 11) is 0. The second kappa shape index (κ2) is 6.46. The average molecular weight is 409 g/mol. The standard InChI is InChI=1S/C21H16N2O3S2/c1-11-6-5-9-13(10-11)23-19(24)15-14(12-7-3-2-4-8-12)16-18(22-21(26)28-16)27-17(15)20(23)25/h2-10,14-15,17H,1H3,(H,22,26). The largest absolute Gasteiger partial charge is 0.307 e. The summed E-state index contributed by atoms with van der Waals surface area (Å²) in [4.78, 5) is 43.6. The third kappa shape index (κ3) is 2.57. The quantitative estimate of drug-likeness (QED) is 0.659. The molecule has 5 rings (SSSR count). The van der Waals surface area contributed by atoms with Crippen LogP contribution in [0.3, 0.4) is 0 Å². The molecule has 1 saturated heterocycles. The number of nitrogens with one attached hydrogen (secondary N) is 1. The molecule has 3 unspecified atom stereocenters. The highest BCUT2D eigenvalue weighted by atomic mass is 32.2. The molecule has 0 saturated carbocycles. The van der Waals surface area contributed by atoms with Crippen molar-refractivity contribution < 1.29 is 9.59 Å². The molecular formula is C21H16N2O3S2. The number of hydrogen-bond donors (Lipinski definition) is 1. The zero-order valence-electron chi connectivity index (χ0n) is 14.9. The van der Waals surface area contributed by atoms with E-state index in [0.717, 1.165) is 27.3 Å². The SMILES string of the molecule is Cc1cccc(N2C(=O)C3Sc4[nH]c(=O)sc4C(c4ccccc4)C3C2=O)c1. The molecule has 7 heteroatoms. The van der Waals surface area contributed by atoms with Crippen molar-refractivity contribution in [2.45, 2.75) is 23.1 Å². The van der Waals surface area contributed by atoms with Crippen LogP contribution in [0.25, 0.3) is 0 Å². The van der Waals surface area contributed by atoms with Gasteiger partial charge in [-0.25, -0.2) is 4.90 Å². The van der Waals surface area contributed by atoms with Crippen molar-refractivity contribution in [2.24, 2.45) is 5.92 Å². The van der Waals surface area contributed by atoms with Crippen LogP contribution in [0.1, 0.15) is 21.9 Å². The van der Waals surface area contributed by atoms with Crippen LogP contribution in [0, 0.1) is 12.8 Å². The number of hydrogen-bond acceptors (Lipinski definition) is 5. The number of aromatic amines is 1. The number of thioether (sulfide) groups is 1. The van der Waals surface area contributed by atoms with E-state index in [1.807, 2.05) is 55.5 Å². The van der Waals surface area contributed by atoms with Gasteiger partial charge in [0.25, 0.3) is 0 Å². The highest BCUT2D eigenvalue weighted by Gasteiger charge is 2.56. The van der Waals surface area contributed by atoms with Gasteiger partial charge >= 0.3 is 4.87 Å². The van der Waals surface area contributed by atoms with E-state index in [1.54, 1.807) is 6.07 Å². The van der Waals surface area contributed by atoms with Crippen molar-refractivity contribution in [3.05, 3.63) is 80.3 Å². The van der Waals surface area contributed by atoms with Gasteiger partial charge < -0.3 is 4.98 Å². The van der Waals surface area contributed by atoms with Crippen LogP contribution in [0.15, 0.2) is 64.4 Å². The number of carbonyl (C=O) groups excluding carboxylic acids is 2. The highest BCUT2D eigenvalue weighted by Crippen LogP contribution is 2.53. The highest BCUT2D eigenvalue weighted by molar-refractivity contribution is 8.00. The lowest BCUT2D eigenvalue weighted by atomic mass is 9.83. The minimum absolute atomic E-state index is 0.158. The van der Waals surface area contributed by atoms with Crippen molar-refractivity contribution in [2.75, 3.05) is 4.90 Å². The van der Waals surface area contributed by atoms with E-state index in [9.17, 15) is 14.4 Å². The zero-order valence-corrected chi connectivity index (χ0v) is 16.5. The van der Waals surface area contributed by atoms with Crippen LogP contribution >= 0.6 is 23.1 Å². The molecule has 0 radical (unpaired) electrons. The number of aromatic nitrogens is 1. The molecule has 2 amide bonds. The fourth-order valence-electron chi connectivity index (χ4n) is 4.06. The molecule has 0 aliphatic carbocycles. The number of anilines is 1. The minimum Gasteiger partial charge on any atom is -0.307 e. The molecule has 140 valence electrons. The van der Waals surface area contributed by atoms with Crippen molar-refractivity contribution in [1.29, 1.82) is 0 Å². The molecule has 2 aliphatic rings. The van der Waals surface area contributed by atoms with Crippen LogP contribution in [-0.4, -0.2) is 22.0 Å². The Hall–Kier alpha value is -2.64. The van der Waals surface area contributed by atoms with Crippen molar-refractivity contribution in [1.82, 2.24) is 4.98 Å². The number of H-pyrrole nitrogens is 1. The molecule has 1 fully saturated rings. The van der Waals surface area contributed by atoms with Gasteiger partial charge in [-0.1, -0.05) is 65.6 Å². The molecule has 1 aromatic heterocycles. The molecule has 5 nitrogen and oxygen atoms in total. The Balaban J connectivity index is 1.66. The summed E-state index contributed by atoms with van der Waals surface area (Å²) < 4.78 is 0. The Morgan fingerprint density at radius 3 is 2.50 bits per heavy atom. The fraction of sp³-hybridized carbons (Fsp3) is 0.190. The second-order valence-electron chi connectivity index (χ2n) is 7.01. The number of aryl methyl sites for hydroxylation is 1. The van der Waals surface area contributed by atoms with E-state index in [-0.39, 0.29) is 22.6 Å². The third-order valence-corrected chi connectivity index (χ3v) is 7.64. The third-order valence-electron chi connectivity index (χ3n) is 5.24. The molecule has 2 aromatic carbocycles. The molecular weight excluding hydrogens is 392 g/mol. The first-order valence-electron chi connectivity index (χ1n) is 8.93. The molecule has 28 heavy (non-hydrogen) atoms. The summed E-state index contributed by atoms with van der Waals surface area (Å²) >= 11 is 2.43. The van der Waals surface area contributed by atoms with Gasteiger partial charge in [0, 0.05) is 10.8 Å². The van der Waals surface area contributed by atoms with Gasteiger partial charge in [0.15, 0.2) is 0 Å². The smallest absolute Gasteiger partial charge is 0.305 e. The van der Waals surface area contributed by atoms with Gasteiger partial charge in [0.2, 0.25) is 11.8 Å². The lowest BCUT2D eigenvalue weighted by Crippen LogP contribution is -2.32. The van der Waals surface area contributed by atoms with E-state index in [4.69, 9.17) is 0 Å². The lowest BCUT2D eigenvalue weighted by Gasteiger charge is -2.29. The number of imide groups is 1. The lowest BCUT2D eigenvalue weighted by molar-refractivity contribution is -0.122. The Morgan fingerprint density at radius 1 is 0.964 bits per heavy atom. The topological polar surface area (TPSA) is 70.2 Å². The molecule has 3 heterocycles. The summed E-state index contributed by atoms with van der Waals surface area (Å²) in [6.45, 7) is 1.94. The molecule has 3 aromatic rings. The van der Waals surface area contributed by atoms with Crippen LogP contribution in [0.5, 0.6) is 0 Å². The maximum Gasteiger partial charge on any atom is 0.305 e. The van der Waals surface area contributed by atoms with Crippen LogP contribution in [0.2, 0.25) is 0 Å². The van der Waals surface area contributed by atoms with Gasteiger partial charge in [0.05, 0.1) is 16.6 Å². The second-order valence-corrected chi connectivity index (χ2v) is 9.18. The van der Waals surface area contributed by atoms with Crippen molar-refractivity contribution >= 4 is 40.6 Å². The van der Waals surface area contributed by atoms with Gasteiger partial charge in [-0.05, 0) is 30.2 Å². The van der Waals surface area contributed by atoms with E-state index < -0.39 is 11.2 Å². The Kier molecular flexibility index (Phi) is 4.03. The summed E-state index contributed by atoms with van der Waals surface area (Å²) in [5.41, 5.74) is 2.54. The summed E-state index contributed by atoms with van der Waals surface area (Å²) in [5.74, 6) is -1.25. The Morgan fingerprint density at radius 2 is 1.75 bits per heavy atom. The number of amides is 2. The Bertz CT molecular complexity index is 1150. The number of thiazole rings is 1. The van der Waals surface area contributed by atoms with E-state index in [0.29, 0.717) is 10.7 Å². The van der Waals surface area contributed by atoms with Gasteiger partial charge in [0.1, 0.15) is 5.25 Å². The van der Waals surface area contributed by atoms with E-state index in [2.05, 4.69) is 4.98 Å². The first-order chi connectivity index (χ1) is 13.5. The fourth-order valence-corrected chi connectivity index (χ4v) is 6.57. The zero-order chi connectivity index (χ0) is 19.4. The molecule has 0 spiro atoms. The van der Waals surface area contributed by atoms with Crippen LogP contribution < -0.4 is 9.77 Å². The van der Waals surface area contributed by atoms with Gasteiger partial charge in [-0.3, -0.25) is 14.4 Å². The number of rotatable bonds is 2. The van der Waals surface area contributed by atoms with Crippen LogP contribution in [-0.2, 0) is 9.59 Å². The molecule has 1 N–H and O–H groups in total. The van der Waals surface area contributed by atoms with Crippen molar-refractivity contribution in [3.8, 4) is 0 Å². The number of benzene rings is 2. The van der Waals surface area contributed by atoms with Gasteiger partial charge in [-0.15, -0.1) is 0 Å². The van der Waals surface area contributed by atoms with Gasteiger partial charge in [-0.2, -0.15) is 0 Å². The maximum atomic E-state index is 13.5. The monoisotopic (exact) mass is 408 g/mol. The minimum atomic E-state index is -0.545. The van der Waals surface area contributed by atoms with E-state index in [1.165, 1.54) is 16.7 Å². The predicted octanol–water partition coefficient (Wildman–Crippen LogP) is 3.54. The summed E-state index contributed by atoms with van der Waals surface area (Å²) in [6.07, 6.45) is 0. The summed E-state index contributed by atoms with van der Waals surface area (Å²) in [6, 6.07) is 17.1. The molecule has 2 aliphatic heterocycles. The number of nitrogens with zero attached hydrogens (tertiary/aromatic N) is 1. The normalized spacial score (nSPS) is 23.6. The van der Waals surface area contributed by atoms with Crippen LogP contribution in [0.4, 0.5) is 5.69 Å². The summed E-state index contributed by atoms with van der Waals surface area (Å²) in [5, 5.41) is 0.160. The number of fused-ring (bicyclic) bond motifs is 2. The first-order valence-corrected chi connectivity index (χ1v) is 10.6. The van der Waals surface area contributed by atoms with Crippen molar-refractivity contribution in [3.63, 3.8) is 0 Å². The maximum absolute atomic E-state index is 13.5. The first kappa shape index (κ1) is 17.5. The number of carbonyl (C=O) groups is 2. The predicted molar refractivity (Wildman–Crippen MR) is 110 cm³/mol.